The van der Waals surface area contributed by atoms with Gasteiger partial charge in [0.15, 0.2) is 0 Å². The van der Waals surface area contributed by atoms with Crippen LogP contribution in [-0.4, -0.2) is 47.0 Å². The Hall–Kier alpha value is -5.07. The monoisotopic (exact) mass is 637 g/mol. The molecule has 5 aromatic carbocycles. The van der Waals surface area contributed by atoms with Crippen molar-refractivity contribution in [1.29, 1.82) is 0 Å². The summed E-state index contributed by atoms with van der Waals surface area (Å²) in [6.45, 7) is 8.74. The first-order valence-corrected chi connectivity index (χ1v) is 16.4. The molecule has 0 radical (unpaired) electrons. The van der Waals surface area contributed by atoms with E-state index in [2.05, 4.69) is 96.6 Å². The van der Waals surface area contributed by atoms with E-state index in [1.807, 2.05) is 39.0 Å². The Morgan fingerprint density at radius 3 is 2.35 bits per heavy atom. The third kappa shape index (κ3) is 6.28. The van der Waals surface area contributed by atoms with Gasteiger partial charge in [-0.3, -0.25) is 9.99 Å². The van der Waals surface area contributed by atoms with Gasteiger partial charge in [-0.15, -0.1) is 0 Å². The van der Waals surface area contributed by atoms with Crippen molar-refractivity contribution in [2.75, 3.05) is 19.1 Å². The van der Waals surface area contributed by atoms with Gasteiger partial charge in [0, 0.05) is 25.7 Å². The lowest BCUT2D eigenvalue weighted by molar-refractivity contribution is -0.112. The molecule has 0 amide bonds. The number of aromatic carboxylic acids is 1. The van der Waals surface area contributed by atoms with Crippen LogP contribution < -0.4 is 5.01 Å². The van der Waals surface area contributed by atoms with Gasteiger partial charge in [0.2, 0.25) is 0 Å². The molecule has 1 heterocycles. The fourth-order valence-corrected chi connectivity index (χ4v) is 7.45. The molecule has 48 heavy (non-hydrogen) atoms. The normalized spacial score (nSPS) is 15.5. The van der Waals surface area contributed by atoms with Crippen LogP contribution in [0.3, 0.4) is 0 Å². The zero-order chi connectivity index (χ0) is 34.2. The molecule has 0 fully saturated rings. The summed E-state index contributed by atoms with van der Waals surface area (Å²) < 4.78 is 0. The lowest BCUT2D eigenvalue weighted by Crippen LogP contribution is -2.53. The Labute approximate surface area is 282 Å². The second-order valence-corrected chi connectivity index (χ2v) is 14.2. The third-order valence-electron chi connectivity index (χ3n) is 9.74. The highest BCUT2D eigenvalue weighted by Gasteiger charge is 2.37. The van der Waals surface area contributed by atoms with E-state index in [0.717, 1.165) is 35.7 Å². The molecule has 0 saturated carbocycles. The number of anilines is 1. The predicted octanol–water partition coefficient (Wildman–Crippen LogP) is 9.10. The number of rotatable bonds is 6. The van der Waals surface area contributed by atoms with Crippen LogP contribution in [0.15, 0.2) is 109 Å². The highest BCUT2D eigenvalue weighted by Crippen LogP contribution is 2.48. The Balaban J connectivity index is 0.000000257. The average Bonchev–Trinajstić information content (AvgIpc) is 3.07. The van der Waals surface area contributed by atoms with Crippen LogP contribution >= 0.6 is 0 Å². The van der Waals surface area contributed by atoms with Crippen molar-refractivity contribution in [3.63, 3.8) is 0 Å². The van der Waals surface area contributed by atoms with Crippen molar-refractivity contribution in [2.45, 2.75) is 52.0 Å². The van der Waals surface area contributed by atoms with Crippen LogP contribution in [0.25, 0.3) is 32.4 Å². The van der Waals surface area contributed by atoms with Crippen LogP contribution in [0.5, 0.6) is 0 Å². The number of carbonyl (C=O) groups excluding carboxylic acids is 1. The maximum absolute atomic E-state index is 11.9. The number of aldehydes is 1. The van der Waals surface area contributed by atoms with Gasteiger partial charge in [0.1, 0.15) is 11.8 Å². The largest absolute Gasteiger partial charge is 0.478 e. The summed E-state index contributed by atoms with van der Waals surface area (Å²) in [5.41, 5.74) is 5.94. The van der Waals surface area contributed by atoms with Crippen LogP contribution in [0.2, 0.25) is 0 Å². The summed E-state index contributed by atoms with van der Waals surface area (Å²) in [4.78, 5) is 26.6. The molecule has 1 unspecified atom stereocenters. The summed E-state index contributed by atoms with van der Waals surface area (Å²) in [6, 6.07) is 35.3. The number of hydrazine groups is 1. The molecule has 0 spiro atoms. The molecular formula is C42H43N3O3. The number of aromatic nitrogens is 1. The number of fused-ring (bicyclic) bond motifs is 6. The molecule has 0 aliphatic heterocycles. The van der Waals surface area contributed by atoms with Crippen molar-refractivity contribution >= 4 is 50.4 Å². The Morgan fingerprint density at radius 1 is 0.854 bits per heavy atom. The summed E-state index contributed by atoms with van der Waals surface area (Å²) in [7, 11) is 3.99. The second-order valence-electron chi connectivity index (χ2n) is 14.2. The van der Waals surface area contributed by atoms with Gasteiger partial charge >= 0.3 is 5.97 Å². The van der Waals surface area contributed by atoms with Crippen molar-refractivity contribution in [1.82, 2.24) is 9.99 Å². The standard InChI is InChI=1S/C32H36N2O.C10H7NO2/c1-31(2)20-29-23(15-17-27-26-13-8-7-10-22(26)14-16-28(27)29)19-30(31)24-11-9-12-25(18-24)34(33(5)6)32(3,4)21-35;12-10(13)8-3-4-9-7(6-8)2-1-5-11-9/h7-18,21,30H,19-20H2,1-6H3;1-6H,(H,12,13). The van der Waals surface area contributed by atoms with E-state index in [-0.39, 0.29) is 5.41 Å². The third-order valence-corrected chi connectivity index (χ3v) is 9.74. The lowest BCUT2D eigenvalue weighted by Gasteiger charge is -2.43. The van der Waals surface area contributed by atoms with Crippen molar-refractivity contribution in [2.24, 2.45) is 5.41 Å². The van der Waals surface area contributed by atoms with Crippen LogP contribution in [0.1, 0.15) is 60.7 Å². The maximum Gasteiger partial charge on any atom is 0.335 e. The summed E-state index contributed by atoms with van der Waals surface area (Å²) in [6.07, 6.45) is 4.77. The fourth-order valence-electron chi connectivity index (χ4n) is 7.45. The molecule has 6 heteroatoms. The SMILES string of the molecule is CN(C)N(c1cccc(C2Cc3ccc4c(ccc5ccccc54)c3CC2(C)C)c1)C(C)(C)C=O.O=C(O)c1ccc2ncccc2c1. The smallest absolute Gasteiger partial charge is 0.335 e. The molecule has 1 N–H and O–H groups in total. The molecule has 7 rings (SSSR count). The number of carboxylic acids is 1. The first-order valence-electron chi connectivity index (χ1n) is 16.4. The molecule has 6 aromatic rings. The Morgan fingerprint density at radius 2 is 1.60 bits per heavy atom. The minimum atomic E-state index is -0.911. The Kier molecular flexibility index (Phi) is 8.80. The van der Waals surface area contributed by atoms with Crippen LogP contribution in [-0.2, 0) is 17.6 Å². The second kappa shape index (κ2) is 12.9. The molecular weight excluding hydrogens is 594 g/mol. The minimum Gasteiger partial charge on any atom is -0.478 e. The van der Waals surface area contributed by atoms with E-state index >= 15 is 0 Å². The lowest BCUT2D eigenvalue weighted by atomic mass is 9.63. The Bertz CT molecular complexity index is 2150. The number of nitrogens with zero attached hydrogens (tertiary/aromatic N) is 3. The molecule has 1 atom stereocenters. The van der Waals surface area contributed by atoms with E-state index in [1.54, 1.807) is 30.5 Å². The highest BCUT2D eigenvalue weighted by molar-refractivity contribution is 6.08. The maximum atomic E-state index is 11.9. The van der Waals surface area contributed by atoms with Crippen LogP contribution in [0.4, 0.5) is 5.69 Å². The first kappa shape index (κ1) is 32.9. The number of benzene rings is 5. The summed E-state index contributed by atoms with van der Waals surface area (Å²) >= 11 is 0. The first-order chi connectivity index (χ1) is 22.9. The van der Waals surface area contributed by atoms with Crippen molar-refractivity contribution < 1.29 is 14.7 Å². The van der Waals surface area contributed by atoms with Gasteiger partial charge in [0.25, 0.3) is 0 Å². The van der Waals surface area contributed by atoms with E-state index in [0.29, 0.717) is 11.5 Å². The number of pyridine rings is 1. The van der Waals surface area contributed by atoms with E-state index in [1.165, 1.54) is 38.2 Å². The molecule has 1 aliphatic carbocycles. The highest BCUT2D eigenvalue weighted by atomic mass is 16.4. The zero-order valence-electron chi connectivity index (χ0n) is 28.6. The number of carboxylic acid groups (broad SMARTS) is 1. The molecule has 6 nitrogen and oxygen atoms in total. The molecule has 0 bridgehead atoms. The fraction of sp³-hybridized carbons (Fsp3) is 0.262. The van der Waals surface area contributed by atoms with Crippen molar-refractivity contribution in [3.05, 3.63) is 132 Å². The van der Waals surface area contributed by atoms with Gasteiger partial charge in [0.05, 0.1) is 16.8 Å². The van der Waals surface area contributed by atoms with Crippen molar-refractivity contribution in [3.8, 4) is 0 Å². The van der Waals surface area contributed by atoms with E-state index in [4.69, 9.17) is 5.11 Å². The van der Waals surface area contributed by atoms with E-state index < -0.39 is 11.5 Å². The van der Waals surface area contributed by atoms with Crippen LogP contribution in [0, 0.1) is 5.41 Å². The number of hydrogen-bond acceptors (Lipinski definition) is 5. The van der Waals surface area contributed by atoms with Gasteiger partial charge in [-0.25, -0.2) is 9.80 Å². The quantitative estimate of drug-likeness (QED) is 0.112. The molecule has 1 aromatic heterocycles. The van der Waals surface area contributed by atoms with Gasteiger partial charge in [-0.1, -0.05) is 80.6 Å². The minimum absolute atomic E-state index is 0.106. The predicted molar refractivity (Wildman–Crippen MR) is 197 cm³/mol. The van der Waals surface area contributed by atoms with Gasteiger partial charge in [-0.05, 0) is 113 Å². The van der Waals surface area contributed by atoms with E-state index in [9.17, 15) is 9.59 Å². The topological polar surface area (TPSA) is 73.7 Å². The summed E-state index contributed by atoms with van der Waals surface area (Å²) in [5, 5.41) is 19.0. The molecule has 244 valence electrons. The zero-order valence-corrected chi connectivity index (χ0v) is 28.6. The molecule has 0 saturated heterocycles. The molecule has 1 aliphatic rings. The van der Waals surface area contributed by atoms with Gasteiger partial charge in [-0.2, -0.15) is 0 Å². The van der Waals surface area contributed by atoms with Gasteiger partial charge < -0.3 is 9.90 Å². The number of hydrogen-bond donors (Lipinski definition) is 1. The number of carbonyl (C=O) groups is 2. The average molecular weight is 638 g/mol. The summed E-state index contributed by atoms with van der Waals surface area (Å²) in [5.74, 6) is -0.512.